The summed E-state index contributed by atoms with van der Waals surface area (Å²) in [6.07, 6.45) is -10.8. The van der Waals surface area contributed by atoms with Gasteiger partial charge in [0.1, 0.15) is 0 Å². The highest BCUT2D eigenvalue weighted by Crippen LogP contribution is 2.41. The molecule has 100 valence electrons. The van der Waals surface area contributed by atoms with Crippen LogP contribution in [0.5, 0.6) is 0 Å². The molecular formula is C11H4F6N2. The van der Waals surface area contributed by atoms with Crippen molar-refractivity contribution >= 4 is 5.69 Å². The second-order valence-corrected chi connectivity index (χ2v) is 3.46. The second-order valence-electron chi connectivity index (χ2n) is 3.46. The number of alkyl halides is 6. The number of halogens is 6. The van der Waals surface area contributed by atoms with E-state index in [9.17, 15) is 26.3 Å². The van der Waals surface area contributed by atoms with Crippen LogP contribution in [0.1, 0.15) is 16.7 Å². The fraction of sp³-hybridized carbons (Fsp3) is 0.273. The largest absolute Gasteiger partial charge is 0.415 e. The Morgan fingerprint density at radius 1 is 1.11 bits per heavy atom. The topological polar surface area (TPSA) is 28.1 Å². The average Bonchev–Trinajstić information content (AvgIpc) is 2.26. The molecule has 2 nitrogen and oxygen atoms in total. The van der Waals surface area contributed by atoms with Gasteiger partial charge in [-0.05, 0) is 17.7 Å². The monoisotopic (exact) mass is 278 g/mol. The molecule has 0 fully saturated rings. The van der Waals surface area contributed by atoms with Gasteiger partial charge in [0.25, 0.3) is 0 Å². The number of hydrogen-bond acceptors (Lipinski definition) is 1. The quantitative estimate of drug-likeness (QED) is 0.554. The maximum atomic E-state index is 12.7. The highest BCUT2D eigenvalue weighted by Gasteiger charge is 2.39. The Morgan fingerprint density at radius 3 is 2.05 bits per heavy atom. The Balaban J connectivity index is 3.67. The second kappa shape index (κ2) is 4.81. The van der Waals surface area contributed by atoms with E-state index in [4.69, 9.17) is 11.8 Å². The molecule has 8 heteroatoms. The number of nitriles is 1. The minimum atomic E-state index is -5.06. The minimum Gasteiger partial charge on any atom is -0.238 e. The lowest BCUT2D eigenvalue weighted by molar-refractivity contribution is -0.143. The van der Waals surface area contributed by atoms with Crippen LogP contribution < -0.4 is 0 Å². The van der Waals surface area contributed by atoms with E-state index in [0.717, 1.165) is 0 Å². The van der Waals surface area contributed by atoms with Gasteiger partial charge in [-0.2, -0.15) is 31.6 Å². The molecule has 1 rings (SSSR count). The first-order chi connectivity index (χ1) is 8.61. The summed E-state index contributed by atoms with van der Waals surface area (Å²) >= 11 is 0. The zero-order chi connectivity index (χ0) is 14.8. The smallest absolute Gasteiger partial charge is 0.238 e. The van der Waals surface area contributed by atoms with Gasteiger partial charge in [-0.3, -0.25) is 0 Å². The molecule has 0 amide bonds. The summed E-state index contributed by atoms with van der Waals surface area (Å²) in [6, 6.07) is 1.64. The Hall–Kier alpha value is -2.22. The summed E-state index contributed by atoms with van der Waals surface area (Å²) in [5.74, 6) is 0. The molecule has 19 heavy (non-hydrogen) atoms. The molecule has 0 radical (unpaired) electrons. The van der Waals surface area contributed by atoms with Gasteiger partial charge in [-0.25, -0.2) is 4.85 Å². The standard InChI is InChI=1S/C11H4F6N2/c1-19-9-5-6(10(12,13)14)4-8(11(15,16)17)7(9)2-3-18/h4-5H,2H2. The van der Waals surface area contributed by atoms with Crippen LogP contribution in [0.3, 0.4) is 0 Å². The Morgan fingerprint density at radius 2 is 1.68 bits per heavy atom. The molecular weight excluding hydrogens is 274 g/mol. The summed E-state index contributed by atoms with van der Waals surface area (Å²) in [5.41, 5.74) is -4.72. The van der Waals surface area contributed by atoms with Crippen LogP contribution in [0.2, 0.25) is 0 Å². The molecule has 0 aliphatic heterocycles. The number of benzene rings is 1. The highest BCUT2D eigenvalue weighted by atomic mass is 19.4. The molecule has 0 N–H and O–H groups in total. The van der Waals surface area contributed by atoms with Gasteiger partial charge in [0.15, 0.2) is 5.69 Å². The molecule has 0 spiro atoms. The van der Waals surface area contributed by atoms with Crippen LogP contribution in [0.25, 0.3) is 4.85 Å². The van der Waals surface area contributed by atoms with Crippen LogP contribution in [0.4, 0.5) is 32.0 Å². The number of nitrogens with zero attached hydrogens (tertiary/aromatic N) is 2. The van der Waals surface area contributed by atoms with Crippen molar-refractivity contribution in [1.29, 1.82) is 5.26 Å². The van der Waals surface area contributed by atoms with E-state index < -0.39 is 41.2 Å². The molecule has 0 aromatic heterocycles. The third-order valence-corrected chi connectivity index (χ3v) is 2.24. The first-order valence-electron chi connectivity index (χ1n) is 4.67. The summed E-state index contributed by atoms with van der Waals surface area (Å²) in [6.45, 7) is 6.65. The molecule has 0 atom stereocenters. The molecule has 0 saturated carbocycles. The lowest BCUT2D eigenvalue weighted by atomic mass is 9.98. The average molecular weight is 278 g/mol. The van der Waals surface area contributed by atoms with Crippen molar-refractivity contribution in [3.05, 3.63) is 40.2 Å². The van der Waals surface area contributed by atoms with Gasteiger partial charge in [-0.1, -0.05) is 0 Å². The van der Waals surface area contributed by atoms with E-state index in [1.807, 2.05) is 0 Å². The lowest BCUT2D eigenvalue weighted by Gasteiger charge is -2.16. The van der Waals surface area contributed by atoms with E-state index in [2.05, 4.69) is 4.85 Å². The van der Waals surface area contributed by atoms with Crippen LogP contribution in [0.15, 0.2) is 12.1 Å². The van der Waals surface area contributed by atoms with Crippen molar-refractivity contribution in [2.24, 2.45) is 0 Å². The Labute approximate surface area is 103 Å². The Kier molecular flexibility index (Phi) is 3.75. The first kappa shape index (κ1) is 14.8. The maximum absolute atomic E-state index is 12.7. The molecule has 0 heterocycles. The van der Waals surface area contributed by atoms with Gasteiger partial charge in [-0.15, -0.1) is 0 Å². The zero-order valence-electron chi connectivity index (χ0n) is 9.02. The summed E-state index contributed by atoms with van der Waals surface area (Å²) in [7, 11) is 0. The lowest BCUT2D eigenvalue weighted by Crippen LogP contribution is -2.13. The fourth-order valence-electron chi connectivity index (χ4n) is 1.44. The molecule has 1 aromatic rings. The summed E-state index contributed by atoms with van der Waals surface area (Å²) in [5, 5.41) is 8.42. The summed E-state index contributed by atoms with van der Waals surface area (Å²) < 4.78 is 75.4. The molecule has 0 aliphatic carbocycles. The van der Waals surface area contributed by atoms with Crippen molar-refractivity contribution < 1.29 is 26.3 Å². The molecule has 0 unspecified atom stereocenters. The van der Waals surface area contributed by atoms with Crippen LogP contribution in [-0.4, -0.2) is 0 Å². The van der Waals surface area contributed by atoms with Gasteiger partial charge in [0.05, 0.1) is 19.1 Å². The zero-order valence-corrected chi connectivity index (χ0v) is 9.02. The first-order valence-corrected chi connectivity index (χ1v) is 4.67. The van der Waals surface area contributed by atoms with Gasteiger partial charge in [0, 0.05) is 11.1 Å². The predicted molar refractivity (Wildman–Crippen MR) is 52.0 cm³/mol. The normalized spacial score (nSPS) is 11.8. The van der Waals surface area contributed by atoms with Crippen molar-refractivity contribution in [2.45, 2.75) is 18.8 Å². The van der Waals surface area contributed by atoms with E-state index in [1.54, 1.807) is 0 Å². The van der Waals surface area contributed by atoms with Gasteiger partial charge < -0.3 is 0 Å². The Bertz CT molecular complexity index is 571. The van der Waals surface area contributed by atoms with E-state index >= 15 is 0 Å². The molecule has 1 aromatic carbocycles. The van der Waals surface area contributed by atoms with E-state index in [-0.39, 0.29) is 6.07 Å². The van der Waals surface area contributed by atoms with Gasteiger partial charge in [0.2, 0.25) is 0 Å². The highest BCUT2D eigenvalue weighted by molar-refractivity contribution is 5.60. The van der Waals surface area contributed by atoms with Crippen LogP contribution in [0, 0.1) is 17.9 Å². The van der Waals surface area contributed by atoms with Crippen molar-refractivity contribution in [1.82, 2.24) is 0 Å². The van der Waals surface area contributed by atoms with E-state index in [1.165, 1.54) is 6.07 Å². The molecule has 0 saturated heterocycles. The number of hydrogen-bond donors (Lipinski definition) is 0. The maximum Gasteiger partial charge on any atom is 0.415 e. The van der Waals surface area contributed by atoms with E-state index in [0.29, 0.717) is 6.07 Å². The minimum absolute atomic E-state index is 0.0820. The third kappa shape index (κ3) is 3.16. The van der Waals surface area contributed by atoms with Crippen molar-refractivity contribution in [3.63, 3.8) is 0 Å². The van der Waals surface area contributed by atoms with Crippen molar-refractivity contribution in [2.75, 3.05) is 0 Å². The van der Waals surface area contributed by atoms with Gasteiger partial charge >= 0.3 is 12.4 Å². The number of rotatable bonds is 1. The molecule has 0 bridgehead atoms. The summed E-state index contributed by atoms with van der Waals surface area (Å²) in [4.78, 5) is 2.64. The van der Waals surface area contributed by atoms with Crippen molar-refractivity contribution in [3.8, 4) is 6.07 Å². The van der Waals surface area contributed by atoms with Crippen LogP contribution >= 0.6 is 0 Å². The predicted octanol–water partition coefficient (Wildman–Crippen LogP) is 4.34. The fourth-order valence-corrected chi connectivity index (χ4v) is 1.44. The molecule has 0 aliphatic rings. The third-order valence-electron chi connectivity index (χ3n) is 2.24. The SMILES string of the molecule is [C-]#[N+]c1cc(C(F)(F)F)cc(C(F)(F)F)c1CC#N. The van der Waals surface area contributed by atoms with Crippen LogP contribution in [-0.2, 0) is 18.8 Å².